The molecule has 27 heavy (non-hydrogen) atoms. The summed E-state index contributed by atoms with van der Waals surface area (Å²) in [5.41, 5.74) is 5.21. The van der Waals surface area contributed by atoms with Gasteiger partial charge in [0.05, 0.1) is 17.4 Å². The Morgan fingerprint density at radius 3 is 2.56 bits per heavy atom. The number of hydrogen-bond donors (Lipinski definition) is 2. The van der Waals surface area contributed by atoms with E-state index in [0.717, 1.165) is 28.2 Å². The maximum Gasteiger partial charge on any atom is 0.269 e. The van der Waals surface area contributed by atoms with E-state index in [1.54, 1.807) is 6.07 Å². The molecule has 7 heteroatoms. The molecule has 0 radical (unpaired) electrons. The maximum atomic E-state index is 12.6. The van der Waals surface area contributed by atoms with Gasteiger partial charge in [0.1, 0.15) is 5.69 Å². The molecule has 0 fully saturated rings. The van der Waals surface area contributed by atoms with Crippen molar-refractivity contribution in [3.8, 4) is 11.3 Å². The van der Waals surface area contributed by atoms with Gasteiger partial charge in [0.15, 0.2) is 0 Å². The molecule has 0 saturated heterocycles. The Hall–Kier alpha value is -2.93. The van der Waals surface area contributed by atoms with Crippen LogP contribution in [0.15, 0.2) is 36.4 Å². The summed E-state index contributed by atoms with van der Waals surface area (Å²) in [6.07, 6.45) is 0. The fourth-order valence-electron chi connectivity index (χ4n) is 3.27. The summed E-state index contributed by atoms with van der Waals surface area (Å²) in [5, 5.41) is 14.6. The Bertz CT molecular complexity index is 925. The minimum Gasteiger partial charge on any atom is -0.349 e. The zero-order valence-electron chi connectivity index (χ0n) is 16.4. The van der Waals surface area contributed by atoms with Crippen LogP contribution in [0.2, 0.25) is 0 Å². The molecule has 2 N–H and O–H groups in total. The molecule has 7 nitrogen and oxygen atoms in total. The third kappa shape index (κ3) is 3.93. The number of benzene rings is 1. The predicted octanol–water partition coefficient (Wildman–Crippen LogP) is 2.46. The average Bonchev–Trinajstić information content (AvgIpc) is 3.20. The number of H-pyrrole nitrogens is 1. The lowest BCUT2D eigenvalue weighted by Crippen LogP contribution is -2.34. The monoisotopic (exact) mass is 366 g/mol. The Labute approximate surface area is 159 Å². The van der Waals surface area contributed by atoms with Crippen LogP contribution in [-0.2, 0) is 7.05 Å². The van der Waals surface area contributed by atoms with Crippen molar-refractivity contribution in [3.63, 3.8) is 0 Å². The number of aromatic nitrogens is 4. The third-order valence-electron chi connectivity index (χ3n) is 4.85. The van der Waals surface area contributed by atoms with Crippen LogP contribution in [0.4, 0.5) is 0 Å². The van der Waals surface area contributed by atoms with Crippen LogP contribution >= 0.6 is 0 Å². The number of hydrogen-bond acceptors (Lipinski definition) is 4. The lowest BCUT2D eigenvalue weighted by Gasteiger charge is -2.25. The van der Waals surface area contributed by atoms with E-state index in [4.69, 9.17) is 0 Å². The lowest BCUT2D eigenvalue weighted by atomic mass is 10.1. The molecule has 2 heterocycles. The van der Waals surface area contributed by atoms with Gasteiger partial charge in [-0.15, -0.1) is 0 Å². The molecule has 0 aliphatic heterocycles. The molecule has 0 spiro atoms. The van der Waals surface area contributed by atoms with Gasteiger partial charge in [0.2, 0.25) is 0 Å². The lowest BCUT2D eigenvalue weighted by molar-refractivity contribution is 0.0937. The number of amides is 1. The molecule has 0 aliphatic carbocycles. The van der Waals surface area contributed by atoms with Gasteiger partial charge in [-0.3, -0.25) is 14.6 Å². The second-order valence-corrected chi connectivity index (χ2v) is 6.94. The molecule has 0 aliphatic rings. The van der Waals surface area contributed by atoms with E-state index in [-0.39, 0.29) is 11.9 Å². The number of likely N-dealkylation sites (N-methyl/N-ethyl adjacent to an activating group) is 1. The number of carbonyl (C=O) groups is 1. The van der Waals surface area contributed by atoms with E-state index in [1.807, 2.05) is 57.9 Å². The topological polar surface area (TPSA) is 78.8 Å². The molecule has 0 saturated carbocycles. The van der Waals surface area contributed by atoms with Crippen molar-refractivity contribution in [2.45, 2.75) is 19.9 Å². The van der Waals surface area contributed by atoms with Crippen LogP contribution in [-0.4, -0.2) is 51.4 Å². The first-order valence-electron chi connectivity index (χ1n) is 8.94. The van der Waals surface area contributed by atoms with Crippen molar-refractivity contribution in [3.05, 3.63) is 59.0 Å². The predicted molar refractivity (Wildman–Crippen MR) is 105 cm³/mol. The average molecular weight is 366 g/mol. The Kier molecular flexibility index (Phi) is 5.41. The highest BCUT2D eigenvalue weighted by Crippen LogP contribution is 2.25. The van der Waals surface area contributed by atoms with Crippen LogP contribution in [0.25, 0.3) is 11.3 Å². The Balaban J connectivity index is 1.73. The summed E-state index contributed by atoms with van der Waals surface area (Å²) >= 11 is 0. The van der Waals surface area contributed by atoms with Gasteiger partial charge < -0.3 is 10.2 Å². The standard InChI is InChI=1S/C20H26N6O/c1-13-19(14(2)26(5)24-13)16-11-17(23-22-16)20(27)21-12-18(25(3)4)15-9-7-6-8-10-15/h6-11,18H,12H2,1-5H3,(H,21,27)(H,22,23). The number of nitrogens with zero attached hydrogens (tertiary/aromatic N) is 4. The molecule has 142 valence electrons. The van der Waals surface area contributed by atoms with Crippen LogP contribution in [0.3, 0.4) is 0 Å². The minimum atomic E-state index is -0.171. The van der Waals surface area contributed by atoms with E-state index in [2.05, 4.69) is 37.6 Å². The summed E-state index contributed by atoms with van der Waals surface area (Å²) in [4.78, 5) is 14.7. The molecular formula is C20H26N6O. The molecule has 3 rings (SSSR count). The summed E-state index contributed by atoms with van der Waals surface area (Å²) in [6, 6.07) is 12.0. The zero-order chi connectivity index (χ0) is 19.6. The van der Waals surface area contributed by atoms with Crippen molar-refractivity contribution in [2.75, 3.05) is 20.6 Å². The summed E-state index contributed by atoms with van der Waals surface area (Å²) in [6.45, 7) is 4.44. The molecule has 1 atom stereocenters. The van der Waals surface area contributed by atoms with E-state index in [9.17, 15) is 4.79 Å². The molecule has 1 unspecified atom stereocenters. The van der Waals surface area contributed by atoms with Gasteiger partial charge in [-0.1, -0.05) is 30.3 Å². The van der Waals surface area contributed by atoms with Gasteiger partial charge in [0, 0.05) is 24.8 Å². The molecule has 3 aromatic rings. The molecule has 0 bridgehead atoms. The van der Waals surface area contributed by atoms with Crippen LogP contribution in [0.5, 0.6) is 0 Å². The number of rotatable bonds is 6. The van der Waals surface area contributed by atoms with Gasteiger partial charge in [-0.2, -0.15) is 10.2 Å². The smallest absolute Gasteiger partial charge is 0.269 e. The normalized spacial score (nSPS) is 12.4. The summed E-state index contributed by atoms with van der Waals surface area (Å²) in [7, 11) is 5.91. The van der Waals surface area contributed by atoms with Crippen molar-refractivity contribution < 1.29 is 4.79 Å². The summed E-state index contributed by atoms with van der Waals surface area (Å²) in [5.74, 6) is -0.171. The highest BCUT2D eigenvalue weighted by atomic mass is 16.1. The van der Waals surface area contributed by atoms with Gasteiger partial charge >= 0.3 is 0 Å². The quantitative estimate of drug-likeness (QED) is 0.702. The molecule has 1 amide bonds. The van der Waals surface area contributed by atoms with Gasteiger partial charge in [-0.25, -0.2) is 0 Å². The fraction of sp³-hybridized carbons (Fsp3) is 0.350. The van der Waals surface area contributed by atoms with Crippen LogP contribution in [0.1, 0.15) is 33.5 Å². The van der Waals surface area contributed by atoms with Crippen LogP contribution < -0.4 is 5.32 Å². The second kappa shape index (κ2) is 7.75. The number of aryl methyl sites for hydroxylation is 2. The number of carbonyl (C=O) groups excluding carboxylic acids is 1. The minimum absolute atomic E-state index is 0.0976. The second-order valence-electron chi connectivity index (χ2n) is 6.94. The van der Waals surface area contributed by atoms with E-state index in [0.29, 0.717) is 12.2 Å². The molecule has 2 aromatic heterocycles. The van der Waals surface area contributed by atoms with Gasteiger partial charge in [0.25, 0.3) is 5.91 Å². The highest BCUT2D eigenvalue weighted by Gasteiger charge is 2.19. The van der Waals surface area contributed by atoms with Crippen LogP contribution in [0, 0.1) is 13.8 Å². The number of nitrogens with one attached hydrogen (secondary N) is 2. The van der Waals surface area contributed by atoms with Crippen molar-refractivity contribution in [1.82, 2.24) is 30.2 Å². The molecular weight excluding hydrogens is 340 g/mol. The maximum absolute atomic E-state index is 12.6. The van der Waals surface area contributed by atoms with Crippen molar-refractivity contribution >= 4 is 5.91 Å². The van der Waals surface area contributed by atoms with E-state index < -0.39 is 0 Å². The largest absolute Gasteiger partial charge is 0.349 e. The first-order chi connectivity index (χ1) is 12.9. The first kappa shape index (κ1) is 18.8. The highest BCUT2D eigenvalue weighted by molar-refractivity contribution is 5.93. The Morgan fingerprint density at radius 1 is 1.26 bits per heavy atom. The van der Waals surface area contributed by atoms with Gasteiger partial charge in [-0.05, 0) is 39.6 Å². The molecule has 1 aromatic carbocycles. The number of aromatic amines is 1. The van der Waals surface area contributed by atoms with Crippen molar-refractivity contribution in [1.29, 1.82) is 0 Å². The van der Waals surface area contributed by atoms with E-state index in [1.165, 1.54) is 0 Å². The Morgan fingerprint density at radius 2 is 1.96 bits per heavy atom. The summed E-state index contributed by atoms with van der Waals surface area (Å²) < 4.78 is 1.82. The third-order valence-corrected chi connectivity index (χ3v) is 4.85. The zero-order valence-corrected chi connectivity index (χ0v) is 16.4. The SMILES string of the molecule is Cc1nn(C)c(C)c1-c1cc(C(=O)NCC(c2ccccc2)N(C)C)[nH]n1. The first-order valence-corrected chi connectivity index (χ1v) is 8.94. The fourth-order valence-corrected chi connectivity index (χ4v) is 3.27. The van der Waals surface area contributed by atoms with Crippen molar-refractivity contribution in [2.24, 2.45) is 7.05 Å². The van der Waals surface area contributed by atoms with E-state index >= 15 is 0 Å².